The summed E-state index contributed by atoms with van der Waals surface area (Å²) in [7, 11) is 0. The zero-order valence-corrected chi connectivity index (χ0v) is 11.7. The average Bonchev–Trinajstić information content (AvgIpc) is 2.75. The average molecular weight is 268 g/mol. The van der Waals surface area contributed by atoms with Gasteiger partial charge in [-0.1, -0.05) is 0 Å². The first-order valence-electron chi connectivity index (χ1n) is 6.33. The molecule has 5 heteroatoms. The van der Waals surface area contributed by atoms with E-state index in [1.807, 2.05) is 6.92 Å². The quantitative estimate of drug-likeness (QED) is 0.859. The van der Waals surface area contributed by atoms with Gasteiger partial charge >= 0.3 is 0 Å². The molecule has 1 aliphatic heterocycles. The molecule has 1 aromatic rings. The zero-order chi connectivity index (χ0) is 13.0. The van der Waals surface area contributed by atoms with E-state index in [-0.39, 0.29) is 18.1 Å². The molecule has 1 amide bonds. The lowest BCUT2D eigenvalue weighted by Gasteiger charge is -2.24. The molecule has 1 saturated heterocycles. The molecule has 0 saturated carbocycles. The molecule has 18 heavy (non-hydrogen) atoms. The lowest BCUT2D eigenvalue weighted by atomic mass is 10.2. The minimum absolute atomic E-state index is 0.0111. The van der Waals surface area contributed by atoms with Crippen LogP contribution in [0, 0.1) is 6.92 Å². The third-order valence-electron chi connectivity index (χ3n) is 2.91. The highest BCUT2D eigenvalue weighted by molar-refractivity contribution is 7.11. The number of hydrogen-bond donors (Lipinski definition) is 2. The number of aryl methyl sites for hydroxylation is 1. The summed E-state index contributed by atoms with van der Waals surface area (Å²) in [6, 6.07) is 4.38. The van der Waals surface area contributed by atoms with Crippen molar-refractivity contribution in [3.63, 3.8) is 0 Å². The molecule has 1 aromatic heterocycles. The minimum atomic E-state index is -0.341. The van der Waals surface area contributed by atoms with Crippen LogP contribution in [0.1, 0.15) is 16.7 Å². The van der Waals surface area contributed by atoms with Gasteiger partial charge in [-0.25, -0.2) is 0 Å². The normalized spacial score (nSPS) is 21.6. The van der Waals surface area contributed by atoms with Crippen LogP contribution in [-0.4, -0.2) is 37.7 Å². The van der Waals surface area contributed by atoms with Crippen LogP contribution in [0.15, 0.2) is 12.1 Å². The Bertz CT molecular complexity index is 399. The summed E-state index contributed by atoms with van der Waals surface area (Å²) in [5, 5.41) is 6.17. The number of hydrogen-bond acceptors (Lipinski definition) is 4. The lowest BCUT2D eigenvalue weighted by Crippen LogP contribution is -2.50. The predicted molar refractivity (Wildman–Crippen MR) is 73.0 cm³/mol. The van der Waals surface area contributed by atoms with Crippen molar-refractivity contribution < 1.29 is 9.53 Å². The first-order chi connectivity index (χ1) is 8.65. The number of ether oxygens (including phenoxy) is 1. The maximum atomic E-state index is 11.9. The Labute approximate surface area is 112 Å². The Morgan fingerprint density at radius 3 is 3.11 bits per heavy atom. The summed E-state index contributed by atoms with van der Waals surface area (Å²) in [4.78, 5) is 14.5. The van der Waals surface area contributed by atoms with Crippen molar-refractivity contribution in [3.8, 4) is 0 Å². The van der Waals surface area contributed by atoms with Crippen LogP contribution in [0.3, 0.4) is 0 Å². The molecule has 4 nitrogen and oxygen atoms in total. The van der Waals surface area contributed by atoms with E-state index in [1.165, 1.54) is 9.75 Å². The number of morpholine rings is 1. The summed E-state index contributed by atoms with van der Waals surface area (Å²) in [5.74, 6) is -0.0111. The van der Waals surface area contributed by atoms with Gasteiger partial charge in [-0.2, -0.15) is 0 Å². The van der Waals surface area contributed by atoms with E-state index in [1.54, 1.807) is 11.3 Å². The number of rotatable bonds is 4. The van der Waals surface area contributed by atoms with Gasteiger partial charge in [-0.15, -0.1) is 11.3 Å². The Kier molecular flexibility index (Phi) is 4.74. The number of carbonyl (C=O) groups excluding carboxylic acids is 1. The van der Waals surface area contributed by atoms with Crippen molar-refractivity contribution in [1.82, 2.24) is 10.6 Å². The maximum Gasteiger partial charge on any atom is 0.250 e. The standard InChI is InChI=1S/C13H20N2O2S/c1-9(7-11-4-3-10(2)18-11)15-13(16)12-8-14-5-6-17-12/h3-4,9,12,14H,5-8H2,1-2H3,(H,15,16). The number of amides is 1. The topological polar surface area (TPSA) is 50.4 Å². The predicted octanol–water partition coefficient (Wildman–Crippen LogP) is 1.09. The van der Waals surface area contributed by atoms with Crippen LogP contribution in [0.2, 0.25) is 0 Å². The zero-order valence-electron chi connectivity index (χ0n) is 10.9. The summed E-state index contributed by atoms with van der Waals surface area (Å²) in [6.45, 7) is 6.17. The molecule has 0 aliphatic carbocycles. The highest BCUT2D eigenvalue weighted by atomic mass is 32.1. The van der Waals surface area contributed by atoms with E-state index in [0.29, 0.717) is 13.2 Å². The molecular formula is C13H20N2O2S. The second-order valence-electron chi connectivity index (χ2n) is 4.69. The van der Waals surface area contributed by atoms with Gasteiger partial charge in [-0.3, -0.25) is 4.79 Å². The SMILES string of the molecule is Cc1ccc(CC(C)NC(=O)C2CNCCO2)s1. The fourth-order valence-electron chi connectivity index (χ4n) is 2.02. The Balaban J connectivity index is 1.79. The largest absolute Gasteiger partial charge is 0.366 e. The van der Waals surface area contributed by atoms with Crippen molar-refractivity contribution in [2.75, 3.05) is 19.7 Å². The van der Waals surface area contributed by atoms with Crippen LogP contribution < -0.4 is 10.6 Å². The monoisotopic (exact) mass is 268 g/mol. The van der Waals surface area contributed by atoms with Crippen molar-refractivity contribution in [1.29, 1.82) is 0 Å². The van der Waals surface area contributed by atoms with E-state index >= 15 is 0 Å². The molecule has 2 unspecified atom stereocenters. The van der Waals surface area contributed by atoms with Gasteiger partial charge < -0.3 is 15.4 Å². The van der Waals surface area contributed by atoms with Crippen LogP contribution in [0.25, 0.3) is 0 Å². The van der Waals surface area contributed by atoms with Crippen LogP contribution in [0.4, 0.5) is 0 Å². The molecular weight excluding hydrogens is 248 g/mol. The highest BCUT2D eigenvalue weighted by Crippen LogP contribution is 2.16. The van der Waals surface area contributed by atoms with Crippen molar-refractivity contribution in [2.45, 2.75) is 32.4 Å². The van der Waals surface area contributed by atoms with Gasteiger partial charge in [0.15, 0.2) is 0 Å². The van der Waals surface area contributed by atoms with Gasteiger partial charge in [0, 0.05) is 35.3 Å². The molecule has 0 spiro atoms. The van der Waals surface area contributed by atoms with Gasteiger partial charge in [0.05, 0.1) is 6.61 Å². The molecule has 2 atom stereocenters. The first-order valence-corrected chi connectivity index (χ1v) is 7.15. The molecule has 100 valence electrons. The molecule has 2 heterocycles. The summed E-state index contributed by atoms with van der Waals surface area (Å²) < 4.78 is 5.42. The van der Waals surface area contributed by atoms with Crippen LogP contribution >= 0.6 is 11.3 Å². The van der Waals surface area contributed by atoms with Crippen molar-refractivity contribution in [2.24, 2.45) is 0 Å². The molecule has 0 aromatic carbocycles. The summed E-state index contributed by atoms with van der Waals surface area (Å²) in [6.07, 6.45) is 0.538. The molecule has 1 aliphatic rings. The molecule has 1 fully saturated rings. The molecule has 0 radical (unpaired) electrons. The number of nitrogens with one attached hydrogen (secondary N) is 2. The summed E-state index contributed by atoms with van der Waals surface area (Å²) >= 11 is 1.78. The van der Waals surface area contributed by atoms with Crippen molar-refractivity contribution in [3.05, 3.63) is 21.9 Å². The molecule has 2 rings (SSSR count). The first kappa shape index (κ1) is 13.5. The molecule has 0 bridgehead atoms. The van der Waals surface area contributed by atoms with Gasteiger partial charge in [-0.05, 0) is 26.0 Å². The van der Waals surface area contributed by atoms with Gasteiger partial charge in [0.1, 0.15) is 6.10 Å². The van der Waals surface area contributed by atoms with E-state index < -0.39 is 0 Å². The number of carbonyl (C=O) groups is 1. The minimum Gasteiger partial charge on any atom is -0.366 e. The Morgan fingerprint density at radius 2 is 2.50 bits per heavy atom. The lowest BCUT2D eigenvalue weighted by molar-refractivity contribution is -0.134. The second-order valence-corrected chi connectivity index (χ2v) is 6.06. The Hall–Kier alpha value is -0.910. The number of thiophene rings is 1. The third-order valence-corrected chi connectivity index (χ3v) is 3.94. The van der Waals surface area contributed by atoms with E-state index in [0.717, 1.165) is 13.0 Å². The van der Waals surface area contributed by atoms with Gasteiger partial charge in [0.2, 0.25) is 0 Å². The van der Waals surface area contributed by atoms with Crippen LogP contribution in [-0.2, 0) is 16.0 Å². The van der Waals surface area contributed by atoms with E-state index in [9.17, 15) is 4.79 Å². The van der Waals surface area contributed by atoms with Gasteiger partial charge in [0.25, 0.3) is 5.91 Å². The van der Waals surface area contributed by atoms with Crippen LogP contribution in [0.5, 0.6) is 0 Å². The second kappa shape index (κ2) is 6.31. The Morgan fingerprint density at radius 1 is 1.67 bits per heavy atom. The molecule has 2 N–H and O–H groups in total. The van der Waals surface area contributed by atoms with E-state index in [4.69, 9.17) is 4.74 Å². The summed E-state index contributed by atoms with van der Waals surface area (Å²) in [5.41, 5.74) is 0. The fraction of sp³-hybridized carbons (Fsp3) is 0.615. The highest BCUT2D eigenvalue weighted by Gasteiger charge is 2.22. The third kappa shape index (κ3) is 3.80. The van der Waals surface area contributed by atoms with Crippen molar-refractivity contribution >= 4 is 17.2 Å². The van der Waals surface area contributed by atoms with E-state index in [2.05, 4.69) is 29.7 Å². The fourth-order valence-corrected chi connectivity index (χ4v) is 3.04. The maximum absolute atomic E-state index is 11.9. The smallest absolute Gasteiger partial charge is 0.250 e.